The fraction of sp³-hybridized carbons (Fsp3) is 0.250. The van der Waals surface area contributed by atoms with E-state index in [4.69, 9.17) is 65.4 Å². The van der Waals surface area contributed by atoms with E-state index in [1.165, 1.54) is 0 Å². The van der Waals surface area contributed by atoms with Gasteiger partial charge in [0, 0.05) is 10.0 Å². The molecule has 2 aromatic rings. The predicted octanol–water partition coefficient (Wildman–Crippen LogP) is 5.46. The van der Waals surface area contributed by atoms with E-state index in [0.29, 0.717) is 44.8 Å². The van der Waals surface area contributed by atoms with Gasteiger partial charge in [-0.15, -0.1) is 0 Å². The van der Waals surface area contributed by atoms with Crippen molar-refractivity contribution in [3.05, 3.63) is 56.5 Å². The van der Waals surface area contributed by atoms with Gasteiger partial charge in [-0.25, -0.2) is 0 Å². The van der Waals surface area contributed by atoms with Crippen LogP contribution in [0.3, 0.4) is 0 Å². The summed E-state index contributed by atoms with van der Waals surface area (Å²) < 4.78 is 22.7. The molecule has 0 unspecified atom stereocenters. The van der Waals surface area contributed by atoms with Crippen LogP contribution in [-0.2, 0) is 9.47 Å². The van der Waals surface area contributed by atoms with Crippen molar-refractivity contribution < 1.29 is 18.9 Å². The molecule has 1 heterocycles. The molecule has 2 aromatic carbocycles. The Kier molecular flexibility index (Phi) is 5.98. The Hall–Kier alpha value is -0.880. The molecule has 1 aliphatic heterocycles. The average Bonchev–Trinajstić information content (AvgIpc) is 2.54. The Morgan fingerprint density at radius 3 is 1.50 bits per heavy atom. The van der Waals surface area contributed by atoms with Crippen LogP contribution in [0.2, 0.25) is 20.1 Å². The molecule has 0 bridgehead atoms. The Morgan fingerprint density at radius 1 is 0.708 bits per heavy atom. The fourth-order valence-corrected chi connectivity index (χ4v) is 2.96. The molecule has 1 aliphatic rings. The maximum atomic E-state index is 6.12. The zero-order valence-electron chi connectivity index (χ0n) is 12.2. The highest BCUT2D eigenvalue weighted by Crippen LogP contribution is 2.32. The molecular weight excluding hydrogens is 398 g/mol. The minimum absolute atomic E-state index is 0.361. The Morgan fingerprint density at radius 2 is 1.12 bits per heavy atom. The summed E-state index contributed by atoms with van der Waals surface area (Å²) in [5, 5.41) is 1.74. The largest absolute Gasteiger partial charge is 0.456 e. The van der Waals surface area contributed by atoms with Crippen molar-refractivity contribution >= 4 is 46.4 Å². The molecule has 24 heavy (non-hydrogen) atoms. The number of rotatable bonds is 4. The lowest BCUT2D eigenvalue weighted by atomic mass is 10.3. The first-order chi connectivity index (χ1) is 11.5. The predicted molar refractivity (Wildman–Crippen MR) is 93.7 cm³/mol. The summed E-state index contributed by atoms with van der Waals surface area (Å²) in [5.74, 6) is 0.819. The van der Waals surface area contributed by atoms with Crippen molar-refractivity contribution in [1.29, 1.82) is 0 Å². The van der Waals surface area contributed by atoms with Gasteiger partial charge >= 0.3 is 0 Å². The van der Waals surface area contributed by atoms with Gasteiger partial charge in [-0.3, -0.25) is 0 Å². The standard InChI is InChI=1S/C16H12Cl4O4/c17-9-1-3-13(11(19)7-9)23-15-16(22-6-5-21-15)24-14-4-2-10(18)8-12(14)20/h1-4,7-8,15-16H,5-6H2/t15-,16-/m1/s1. The van der Waals surface area contributed by atoms with Crippen LogP contribution >= 0.6 is 46.4 Å². The summed E-state index contributed by atoms with van der Waals surface area (Å²) >= 11 is 24.0. The zero-order valence-corrected chi connectivity index (χ0v) is 15.2. The summed E-state index contributed by atoms with van der Waals surface area (Å²) in [5.41, 5.74) is 0. The highest BCUT2D eigenvalue weighted by atomic mass is 35.5. The number of ether oxygens (including phenoxy) is 4. The number of hydrogen-bond acceptors (Lipinski definition) is 4. The van der Waals surface area contributed by atoms with E-state index in [0.717, 1.165) is 0 Å². The van der Waals surface area contributed by atoms with Gasteiger partial charge < -0.3 is 18.9 Å². The van der Waals surface area contributed by atoms with Crippen LogP contribution in [-0.4, -0.2) is 25.8 Å². The van der Waals surface area contributed by atoms with Crippen molar-refractivity contribution in [2.24, 2.45) is 0 Å². The minimum Gasteiger partial charge on any atom is -0.456 e. The molecular formula is C16H12Cl4O4. The van der Waals surface area contributed by atoms with Crippen molar-refractivity contribution in [3.63, 3.8) is 0 Å². The van der Waals surface area contributed by atoms with E-state index in [-0.39, 0.29) is 0 Å². The molecule has 0 aromatic heterocycles. The maximum Gasteiger partial charge on any atom is 0.263 e. The first-order valence-corrected chi connectivity index (χ1v) is 8.51. The van der Waals surface area contributed by atoms with E-state index in [2.05, 4.69) is 0 Å². The highest BCUT2D eigenvalue weighted by molar-refractivity contribution is 6.36. The van der Waals surface area contributed by atoms with Gasteiger partial charge in [-0.1, -0.05) is 46.4 Å². The van der Waals surface area contributed by atoms with Crippen LogP contribution in [0.25, 0.3) is 0 Å². The molecule has 0 spiro atoms. The van der Waals surface area contributed by atoms with Crippen molar-refractivity contribution in [2.45, 2.75) is 12.6 Å². The van der Waals surface area contributed by atoms with Gasteiger partial charge in [-0.05, 0) is 36.4 Å². The quantitative estimate of drug-likeness (QED) is 0.672. The van der Waals surface area contributed by atoms with Crippen molar-refractivity contribution in [3.8, 4) is 11.5 Å². The second-order valence-electron chi connectivity index (χ2n) is 4.86. The van der Waals surface area contributed by atoms with E-state index in [9.17, 15) is 0 Å². The number of halogens is 4. The lowest BCUT2D eigenvalue weighted by Gasteiger charge is -2.32. The van der Waals surface area contributed by atoms with E-state index >= 15 is 0 Å². The first-order valence-electron chi connectivity index (χ1n) is 6.99. The Bertz CT molecular complexity index is 664. The van der Waals surface area contributed by atoms with Gasteiger partial charge in [0.1, 0.15) is 11.5 Å². The van der Waals surface area contributed by atoms with Gasteiger partial charge in [-0.2, -0.15) is 0 Å². The molecule has 1 saturated heterocycles. The molecule has 0 aliphatic carbocycles. The van der Waals surface area contributed by atoms with E-state index < -0.39 is 12.6 Å². The molecule has 128 valence electrons. The summed E-state index contributed by atoms with van der Waals surface area (Å²) in [4.78, 5) is 0. The van der Waals surface area contributed by atoms with Crippen LogP contribution in [0, 0.1) is 0 Å². The first kappa shape index (κ1) is 17.9. The third kappa shape index (κ3) is 4.39. The molecule has 0 amide bonds. The molecule has 2 atom stereocenters. The second kappa shape index (κ2) is 8.00. The SMILES string of the molecule is Clc1ccc(O[C@H]2OCCO[C@@H]2Oc2ccc(Cl)cc2Cl)c(Cl)c1. The van der Waals surface area contributed by atoms with Gasteiger partial charge in [0.15, 0.2) is 0 Å². The summed E-state index contributed by atoms with van der Waals surface area (Å²) in [6.07, 6.45) is -1.63. The van der Waals surface area contributed by atoms with E-state index in [1.807, 2.05) is 0 Å². The smallest absolute Gasteiger partial charge is 0.263 e. The lowest BCUT2D eigenvalue weighted by Crippen LogP contribution is -2.45. The van der Waals surface area contributed by atoms with Gasteiger partial charge in [0.25, 0.3) is 12.6 Å². The van der Waals surface area contributed by atoms with Crippen LogP contribution < -0.4 is 9.47 Å². The molecule has 0 radical (unpaired) electrons. The summed E-state index contributed by atoms with van der Waals surface area (Å²) in [6.45, 7) is 0.730. The van der Waals surface area contributed by atoms with Crippen LogP contribution in [0.1, 0.15) is 0 Å². The Balaban J connectivity index is 1.75. The zero-order chi connectivity index (χ0) is 17.1. The highest BCUT2D eigenvalue weighted by Gasteiger charge is 2.32. The fourth-order valence-electron chi connectivity index (χ4n) is 2.06. The summed E-state index contributed by atoms with van der Waals surface area (Å²) in [7, 11) is 0. The third-order valence-corrected chi connectivity index (χ3v) is 4.20. The number of benzene rings is 2. The Labute approximate surface area is 159 Å². The minimum atomic E-state index is -0.816. The van der Waals surface area contributed by atoms with Gasteiger partial charge in [0.05, 0.1) is 23.3 Å². The molecule has 3 rings (SSSR count). The molecule has 4 nitrogen and oxygen atoms in total. The average molecular weight is 410 g/mol. The lowest BCUT2D eigenvalue weighted by molar-refractivity contribution is -0.270. The molecule has 1 fully saturated rings. The van der Waals surface area contributed by atoms with Crippen LogP contribution in [0.4, 0.5) is 0 Å². The van der Waals surface area contributed by atoms with Crippen molar-refractivity contribution in [1.82, 2.24) is 0 Å². The normalized spacial score (nSPS) is 20.7. The van der Waals surface area contributed by atoms with E-state index in [1.54, 1.807) is 36.4 Å². The number of hydrogen-bond donors (Lipinski definition) is 0. The molecule has 0 saturated carbocycles. The van der Waals surface area contributed by atoms with Crippen molar-refractivity contribution in [2.75, 3.05) is 13.2 Å². The topological polar surface area (TPSA) is 36.9 Å². The van der Waals surface area contributed by atoms with Gasteiger partial charge in [0.2, 0.25) is 0 Å². The third-order valence-electron chi connectivity index (χ3n) is 3.14. The monoisotopic (exact) mass is 408 g/mol. The van der Waals surface area contributed by atoms with Crippen LogP contribution in [0.15, 0.2) is 36.4 Å². The maximum absolute atomic E-state index is 6.12. The molecule has 8 heteroatoms. The second-order valence-corrected chi connectivity index (χ2v) is 6.55. The summed E-state index contributed by atoms with van der Waals surface area (Å²) in [6, 6.07) is 9.78. The van der Waals surface area contributed by atoms with Crippen LogP contribution in [0.5, 0.6) is 11.5 Å². The molecule has 0 N–H and O–H groups in total.